The summed E-state index contributed by atoms with van der Waals surface area (Å²) in [5, 5.41) is 3.45. The first-order chi connectivity index (χ1) is 8.68. The van der Waals surface area contributed by atoms with E-state index >= 15 is 0 Å². The Bertz CT molecular complexity index is 392. The molecule has 1 aliphatic carbocycles. The van der Waals surface area contributed by atoms with E-state index in [1.165, 1.54) is 0 Å². The highest BCUT2D eigenvalue weighted by atomic mass is 19.1. The van der Waals surface area contributed by atoms with E-state index in [4.69, 9.17) is 4.74 Å². The summed E-state index contributed by atoms with van der Waals surface area (Å²) in [6.45, 7) is 6.64. The zero-order valence-electron chi connectivity index (χ0n) is 11.2. The van der Waals surface area contributed by atoms with Crippen molar-refractivity contribution in [1.29, 1.82) is 0 Å². The standard InChI is InChI=1S/C15H22FNO/c1-11(2)10-18-9-8-17-15-7-6-12-13(15)4-3-5-14(12)16/h3-5,11,15,17H,6-10H2,1-2H3. The van der Waals surface area contributed by atoms with Crippen molar-refractivity contribution in [3.63, 3.8) is 0 Å². The Morgan fingerprint density at radius 2 is 2.28 bits per heavy atom. The maximum absolute atomic E-state index is 13.5. The number of fused-ring (bicyclic) bond motifs is 1. The molecule has 1 N–H and O–H groups in total. The minimum atomic E-state index is -0.0622. The van der Waals surface area contributed by atoms with Crippen molar-refractivity contribution in [1.82, 2.24) is 5.32 Å². The third-order valence-corrected chi connectivity index (χ3v) is 3.30. The van der Waals surface area contributed by atoms with Crippen LogP contribution in [0.25, 0.3) is 0 Å². The zero-order chi connectivity index (χ0) is 13.0. The van der Waals surface area contributed by atoms with Crippen molar-refractivity contribution in [2.24, 2.45) is 5.92 Å². The molecule has 0 saturated carbocycles. The minimum absolute atomic E-state index is 0.0622. The summed E-state index contributed by atoms with van der Waals surface area (Å²) in [5.41, 5.74) is 2.01. The van der Waals surface area contributed by atoms with Crippen LogP contribution in [0.4, 0.5) is 4.39 Å². The van der Waals surface area contributed by atoms with Crippen LogP contribution in [0.3, 0.4) is 0 Å². The molecule has 1 atom stereocenters. The Morgan fingerprint density at radius 3 is 3.06 bits per heavy atom. The molecule has 3 heteroatoms. The van der Waals surface area contributed by atoms with E-state index in [0.717, 1.165) is 43.7 Å². The molecule has 0 spiro atoms. The molecule has 0 aromatic heterocycles. The van der Waals surface area contributed by atoms with Gasteiger partial charge in [-0.15, -0.1) is 0 Å². The number of halogens is 1. The second kappa shape index (κ2) is 6.30. The van der Waals surface area contributed by atoms with E-state index in [2.05, 4.69) is 19.2 Å². The number of rotatable bonds is 6. The molecule has 1 aliphatic rings. The molecule has 2 nitrogen and oxygen atoms in total. The summed E-state index contributed by atoms with van der Waals surface area (Å²) in [5.74, 6) is 0.513. The summed E-state index contributed by atoms with van der Waals surface area (Å²) >= 11 is 0. The highest BCUT2D eigenvalue weighted by Gasteiger charge is 2.23. The summed E-state index contributed by atoms with van der Waals surface area (Å²) in [6.07, 6.45) is 1.83. The lowest BCUT2D eigenvalue weighted by atomic mass is 10.1. The molecule has 0 saturated heterocycles. The van der Waals surface area contributed by atoms with Gasteiger partial charge in [0.25, 0.3) is 0 Å². The predicted octanol–water partition coefficient (Wildman–Crippen LogP) is 3.08. The third-order valence-electron chi connectivity index (χ3n) is 3.30. The molecule has 1 aromatic rings. The third kappa shape index (κ3) is 3.30. The molecule has 1 aromatic carbocycles. The highest BCUT2D eigenvalue weighted by molar-refractivity contribution is 5.35. The van der Waals surface area contributed by atoms with Gasteiger partial charge in [-0.25, -0.2) is 4.39 Å². The monoisotopic (exact) mass is 251 g/mol. The maximum Gasteiger partial charge on any atom is 0.126 e. The van der Waals surface area contributed by atoms with Crippen molar-refractivity contribution in [3.8, 4) is 0 Å². The highest BCUT2D eigenvalue weighted by Crippen LogP contribution is 2.32. The van der Waals surface area contributed by atoms with Crippen molar-refractivity contribution >= 4 is 0 Å². The van der Waals surface area contributed by atoms with Gasteiger partial charge in [0.05, 0.1) is 6.61 Å². The van der Waals surface area contributed by atoms with Crippen LogP contribution >= 0.6 is 0 Å². The molecule has 1 unspecified atom stereocenters. The largest absolute Gasteiger partial charge is 0.380 e. The van der Waals surface area contributed by atoms with Crippen molar-refractivity contribution in [2.75, 3.05) is 19.8 Å². The normalized spacial score (nSPS) is 18.3. The van der Waals surface area contributed by atoms with Crippen LogP contribution in [-0.4, -0.2) is 19.8 Å². The first-order valence-electron chi connectivity index (χ1n) is 6.77. The van der Waals surface area contributed by atoms with Crippen LogP contribution in [0.15, 0.2) is 18.2 Å². The van der Waals surface area contributed by atoms with Crippen LogP contribution in [0.5, 0.6) is 0 Å². The topological polar surface area (TPSA) is 21.3 Å². The number of ether oxygens (including phenoxy) is 1. The van der Waals surface area contributed by atoms with E-state index in [1.807, 2.05) is 6.07 Å². The second-order valence-corrected chi connectivity index (χ2v) is 5.32. The summed E-state index contributed by atoms with van der Waals surface area (Å²) in [6, 6.07) is 5.66. The fraction of sp³-hybridized carbons (Fsp3) is 0.600. The average Bonchev–Trinajstić information content (AvgIpc) is 2.73. The van der Waals surface area contributed by atoms with Crippen molar-refractivity contribution in [3.05, 3.63) is 35.1 Å². The van der Waals surface area contributed by atoms with E-state index in [1.54, 1.807) is 12.1 Å². The lowest BCUT2D eigenvalue weighted by Gasteiger charge is -2.14. The van der Waals surface area contributed by atoms with Gasteiger partial charge >= 0.3 is 0 Å². The summed E-state index contributed by atoms with van der Waals surface area (Å²) in [4.78, 5) is 0. The molecule has 0 amide bonds. The molecular weight excluding hydrogens is 229 g/mol. The maximum atomic E-state index is 13.5. The van der Waals surface area contributed by atoms with Gasteiger partial charge in [-0.3, -0.25) is 0 Å². The molecule has 0 radical (unpaired) electrons. The molecule has 18 heavy (non-hydrogen) atoms. The number of hydrogen-bond donors (Lipinski definition) is 1. The predicted molar refractivity (Wildman–Crippen MR) is 71.1 cm³/mol. The van der Waals surface area contributed by atoms with Gasteiger partial charge in [-0.05, 0) is 36.0 Å². The average molecular weight is 251 g/mol. The van der Waals surface area contributed by atoms with Crippen LogP contribution in [0.2, 0.25) is 0 Å². The van der Waals surface area contributed by atoms with Gasteiger partial charge < -0.3 is 10.1 Å². The van der Waals surface area contributed by atoms with Gasteiger partial charge in [0.2, 0.25) is 0 Å². The Hall–Kier alpha value is -0.930. The van der Waals surface area contributed by atoms with E-state index < -0.39 is 0 Å². The minimum Gasteiger partial charge on any atom is -0.380 e. The summed E-state index contributed by atoms with van der Waals surface area (Å²) < 4.78 is 19.1. The Balaban J connectivity index is 1.78. The Morgan fingerprint density at radius 1 is 1.44 bits per heavy atom. The fourth-order valence-corrected chi connectivity index (χ4v) is 2.45. The first-order valence-corrected chi connectivity index (χ1v) is 6.77. The quantitative estimate of drug-likeness (QED) is 0.785. The van der Waals surface area contributed by atoms with Gasteiger partial charge in [-0.2, -0.15) is 0 Å². The van der Waals surface area contributed by atoms with Gasteiger partial charge in [-0.1, -0.05) is 26.0 Å². The Kier molecular flexibility index (Phi) is 4.72. The van der Waals surface area contributed by atoms with E-state index in [9.17, 15) is 4.39 Å². The van der Waals surface area contributed by atoms with E-state index in [-0.39, 0.29) is 5.82 Å². The molecule has 0 heterocycles. The molecule has 100 valence electrons. The van der Waals surface area contributed by atoms with Crippen LogP contribution < -0.4 is 5.32 Å². The van der Waals surface area contributed by atoms with Crippen LogP contribution in [0, 0.1) is 11.7 Å². The molecule has 2 rings (SSSR count). The Labute approximate surface area is 109 Å². The van der Waals surface area contributed by atoms with Crippen molar-refractivity contribution in [2.45, 2.75) is 32.7 Å². The SMILES string of the molecule is CC(C)COCCNC1CCc2c(F)cccc21. The van der Waals surface area contributed by atoms with Crippen molar-refractivity contribution < 1.29 is 9.13 Å². The molecule has 0 bridgehead atoms. The molecule has 0 fully saturated rings. The van der Waals surface area contributed by atoms with Crippen LogP contribution in [-0.2, 0) is 11.2 Å². The molecule has 0 aliphatic heterocycles. The van der Waals surface area contributed by atoms with Crippen LogP contribution in [0.1, 0.15) is 37.4 Å². The smallest absolute Gasteiger partial charge is 0.126 e. The lowest BCUT2D eigenvalue weighted by molar-refractivity contribution is 0.110. The van der Waals surface area contributed by atoms with Gasteiger partial charge in [0, 0.05) is 19.2 Å². The number of benzene rings is 1. The van der Waals surface area contributed by atoms with Gasteiger partial charge in [0.15, 0.2) is 0 Å². The number of nitrogens with one attached hydrogen (secondary N) is 1. The van der Waals surface area contributed by atoms with E-state index in [0.29, 0.717) is 12.0 Å². The summed E-state index contributed by atoms with van der Waals surface area (Å²) in [7, 11) is 0. The molecular formula is C15H22FNO. The van der Waals surface area contributed by atoms with Gasteiger partial charge in [0.1, 0.15) is 5.82 Å². The first kappa shape index (κ1) is 13.5. The fourth-order valence-electron chi connectivity index (χ4n) is 2.45. The zero-order valence-corrected chi connectivity index (χ0v) is 11.2. The number of hydrogen-bond acceptors (Lipinski definition) is 2. The second-order valence-electron chi connectivity index (χ2n) is 5.32. The lowest BCUT2D eigenvalue weighted by Crippen LogP contribution is -2.24.